The second-order valence-corrected chi connectivity index (χ2v) is 14.7. The second kappa shape index (κ2) is 8.65. The molecule has 18 heteroatoms. The summed E-state index contributed by atoms with van der Waals surface area (Å²) in [4.78, 5) is 1.93. The molecule has 2 unspecified atom stereocenters. The van der Waals surface area contributed by atoms with Gasteiger partial charge in [0, 0.05) is 24.6 Å². The normalized spacial score (nSPS) is 33.9. The van der Waals surface area contributed by atoms with E-state index in [9.17, 15) is 43.2 Å². The van der Waals surface area contributed by atoms with Crippen molar-refractivity contribution in [3.63, 3.8) is 0 Å². The fourth-order valence-corrected chi connectivity index (χ4v) is 9.10. The van der Waals surface area contributed by atoms with Gasteiger partial charge in [-0.05, 0) is 56.2 Å². The number of nitrogens with zero attached hydrogens (tertiary/aromatic N) is 1. The average molecular weight is 650 g/mol. The number of alkyl halides is 6. The van der Waals surface area contributed by atoms with Crippen LogP contribution in [0.25, 0.3) is 0 Å². The number of piperidine rings is 1. The van der Waals surface area contributed by atoms with Crippen LogP contribution in [0.5, 0.6) is 11.5 Å². The highest BCUT2D eigenvalue weighted by Crippen LogP contribution is 2.70. The second-order valence-electron chi connectivity index (χ2n) is 11.7. The van der Waals surface area contributed by atoms with Crippen LogP contribution in [0.15, 0.2) is 12.1 Å². The van der Waals surface area contributed by atoms with Gasteiger partial charge in [0.05, 0.1) is 18.6 Å². The Kier molecular flexibility index (Phi) is 5.95. The molecule has 3 aliphatic carbocycles. The molecule has 2 saturated heterocycles. The van der Waals surface area contributed by atoms with Crippen molar-refractivity contribution in [1.29, 1.82) is 0 Å². The molecule has 7 rings (SSSR count). The van der Waals surface area contributed by atoms with Crippen LogP contribution >= 0.6 is 0 Å². The third-order valence-electron chi connectivity index (χ3n) is 9.51. The predicted molar refractivity (Wildman–Crippen MR) is 127 cm³/mol. The van der Waals surface area contributed by atoms with Crippen molar-refractivity contribution in [2.75, 3.05) is 26.3 Å². The Balaban J connectivity index is 1.47. The molecule has 2 spiro atoms. The largest absolute Gasteiger partial charge is 0.534 e. The average Bonchev–Trinajstić information content (AvgIpc) is 3.43. The Morgan fingerprint density at radius 3 is 2.21 bits per heavy atom. The van der Waals surface area contributed by atoms with Crippen molar-refractivity contribution in [2.45, 2.75) is 78.5 Å². The van der Waals surface area contributed by atoms with Gasteiger partial charge in [0.1, 0.15) is 5.60 Å². The number of halogens is 6. The molecule has 2 saturated carbocycles. The monoisotopic (exact) mass is 649 g/mol. The van der Waals surface area contributed by atoms with Crippen molar-refractivity contribution in [1.82, 2.24) is 4.90 Å². The quantitative estimate of drug-likeness (QED) is 0.259. The van der Waals surface area contributed by atoms with E-state index in [-0.39, 0.29) is 56.9 Å². The molecule has 10 nitrogen and oxygen atoms in total. The van der Waals surface area contributed by atoms with Crippen LogP contribution in [-0.4, -0.2) is 82.6 Å². The summed E-state index contributed by atoms with van der Waals surface area (Å²) in [7, 11) is -12.4. The summed E-state index contributed by atoms with van der Waals surface area (Å²) in [5.74, 6) is -2.61. The van der Waals surface area contributed by atoms with E-state index in [1.165, 1.54) is 6.07 Å². The van der Waals surface area contributed by atoms with E-state index in [4.69, 9.17) is 18.4 Å². The first kappa shape index (κ1) is 28.9. The van der Waals surface area contributed by atoms with Crippen LogP contribution in [-0.2, 0) is 45.7 Å². The van der Waals surface area contributed by atoms with Gasteiger partial charge in [-0.1, -0.05) is 6.07 Å². The molecule has 3 aliphatic heterocycles. The van der Waals surface area contributed by atoms with Gasteiger partial charge in [-0.3, -0.25) is 9.08 Å². The van der Waals surface area contributed by atoms with Crippen LogP contribution in [0.1, 0.15) is 43.2 Å². The third-order valence-corrected chi connectivity index (χ3v) is 11.6. The van der Waals surface area contributed by atoms with Crippen molar-refractivity contribution in [3.8, 4) is 11.5 Å². The molecule has 0 aromatic heterocycles. The van der Waals surface area contributed by atoms with Crippen LogP contribution in [0.2, 0.25) is 0 Å². The molecule has 234 valence electrons. The van der Waals surface area contributed by atoms with Crippen LogP contribution < -0.4 is 8.92 Å². The molecule has 6 aliphatic rings. The zero-order valence-electron chi connectivity index (χ0n) is 21.7. The van der Waals surface area contributed by atoms with Crippen LogP contribution in [0, 0.1) is 5.92 Å². The maximum atomic E-state index is 13.9. The zero-order chi connectivity index (χ0) is 30.1. The Morgan fingerprint density at radius 1 is 0.929 bits per heavy atom. The molecule has 0 amide bonds. The lowest BCUT2D eigenvalue weighted by Crippen LogP contribution is -2.80. The number of benzene rings is 1. The van der Waals surface area contributed by atoms with E-state index in [0.717, 1.165) is 18.9 Å². The molecule has 2 bridgehead atoms. The molecule has 1 aromatic rings. The van der Waals surface area contributed by atoms with Gasteiger partial charge >= 0.3 is 31.3 Å². The number of rotatable bonds is 6. The Morgan fingerprint density at radius 2 is 1.60 bits per heavy atom. The molecule has 42 heavy (non-hydrogen) atoms. The van der Waals surface area contributed by atoms with Crippen molar-refractivity contribution >= 4 is 20.2 Å². The van der Waals surface area contributed by atoms with Gasteiger partial charge in [0.25, 0.3) is 0 Å². The summed E-state index contributed by atoms with van der Waals surface area (Å²) in [6.07, 6.45) is -0.0505. The molecule has 0 N–H and O–H groups in total. The highest BCUT2D eigenvalue weighted by molar-refractivity contribution is 7.88. The fraction of sp³-hybridized carbons (Fsp3) is 0.750. The molecule has 3 heterocycles. The van der Waals surface area contributed by atoms with E-state index in [0.29, 0.717) is 12.1 Å². The topological polar surface area (TPSA) is 118 Å². The van der Waals surface area contributed by atoms with Gasteiger partial charge < -0.3 is 18.4 Å². The van der Waals surface area contributed by atoms with Crippen molar-refractivity contribution in [3.05, 3.63) is 23.3 Å². The first-order valence-electron chi connectivity index (χ1n) is 13.3. The number of fused-ring (bicyclic) bond motifs is 1. The molecule has 4 fully saturated rings. The summed E-state index contributed by atoms with van der Waals surface area (Å²) < 4.78 is 159. The number of likely N-dealkylation sites (tertiary alicyclic amines) is 1. The SMILES string of the molecule is O=S(=O)(Oc1ccc2c3c1OC1C4(CCC5(OS(=O)(=O)C(F)(F)F)[C@@H](C2)N(CC2CC2)CC[C@]315)OCCO4)C(F)(F)F. The predicted octanol–water partition coefficient (Wildman–Crippen LogP) is 3.10. The Hall–Kier alpha value is -1.86. The van der Waals surface area contributed by atoms with E-state index < -0.39 is 71.7 Å². The lowest BCUT2D eigenvalue weighted by molar-refractivity contribution is -0.291. The maximum absolute atomic E-state index is 13.9. The lowest BCUT2D eigenvalue weighted by Gasteiger charge is -2.66. The molecular formula is C24H25F6NO9S2. The minimum Gasteiger partial charge on any atom is -0.479 e. The zero-order valence-corrected chi connectivity index (χ0v) is 23.3. The Bertz CT molecular complexity index is 1540. The third kappa shape index (κ3) is 3.77. The van der Waals surface area contributed by atoms with Gasteiger partial charge in [-0.15, -0.1) is 0 Å². The minimum absolute atomic E-state index is 0.0265. The molecule has 1 aromatic carbocycles. The fourth-order valence-electron chi connectivity index (χ4n) is 7.81. The molecule has 0 radical (unpaired) electrons. The van der Waals surface area contributed by atoms with Crippen molar-refractivity contribution in [2.24, 2.45) is 5.92 Å². The first-order valence-corrected chi connectivity index (χ1v) is 16.2. The Labute approximate surface area is 236 Å². The lowest BCUT2D eigenvalue weighted by atomic mass is 9.48. The highest BCUT2D eigenvalue weighted by Gasteiger charge is 2.80. The smallest absolute Gasteiger partial charge is 0.479 e. The number of hydrogen-bond donors (Lipinski definition) is 0. The number of hydrogen-bond acceptors (Lipinski definition) is 10. The summed E-state index contributed by atoms with van der Waals surface area (Å²) in [5, 5.41) is 0. The summed E-state index contributed by atoms with van der Waals surface area (Å²) >= 11 is 0. The van der Waals surface area contributed by atoms with E-state index in [1.807, 2.05) is 4.90 Å². The van der Waals surface area contributed by atoms with Gasteiger partial charge in [-0.25, -0.2) is 0 Å². The highest BCUT2D eigenvalue weighted by atomic mass is 32.2. The summed E-state index contributed by atoms with van der Waals surface area (Å²) in [6, 6.07) is 1.44. The van der Waals surface area contributed by atoms with E-state index >= 15 is 0 Å². The standard InChI is InChI=1S/C24H25F6NO9S2/c25-23(26,27)41(32,33)39-15-4-3-14-11-16-21(40-42(34,35)24(28,29)30)5-6-22(36-9-10-37-22)19-20(21,17(14)18(15)38-19)7-8-31(16)12-13-1-2-13/h3-4,13,16,19H,1-2,5-12H2/t16-,19?,20+,21?/m1/s1. The van der Waals surface area contributed by atoms with Crippen LogP contribution in [0.4, 0.5) is 26.3 Å². The van der Waals surface area contributed by atoms with E-state index in [2.05, 4.69) is 4.18 Å². The molecule has 4 atom stereocenters. The summed E-state index contributed by atoms with van der Waals surface area (Å²) in [6.45, 7) is 0.904. The number of ether oxygens (including phenoxy) is 3. The molecular weight excluding hydrogens is 624 g/mol. The van der Waals surface area contributed by atoms with Gasteiger partial charge in [-0.2, -0.15) is 43.2 Å². The first-order chi connectivity index (χ1) is 19.5. The van der Waals surface area contributed by atoms with Crippen molar-refractivity contribution < 1.29 is 65.8 Å². The summed E-state index contributed by atoms with van der Waals surface area (Å²) in [5.41, 5.74) is -14.9. The maximum Gasteiger partial charge on any atom is 0.534 e. The van der Waals surface area contributed by atoms with Gasteiger partial charge in [0.15, 0.2) is 17.6 Å². The van der Waals surface area contributed by atoms with Crippen LogP contribution in [0.3, 0.4) is 0 Å². The van der Waals surface area contributed by atoms with Gasteiger partial charge in [0.2, 0.25) is 5.79 Å². The minimum atomic E-state index is -6.20. The van der Waals surface area contributed by atoms with E-state index in [1.54, 1.807) is 0 Å².